The first-order valence-corrected chi connectivity index (χ1v) is 4.75. The van der Waals surface area contributed by atoms with Crippen molar-refractivity contribution in [3.05, 3.63) is 23.8 Å². The number of benzene rings is 1. The molecule has 6 heteroatoms. The molecule has 1 unspecified atom stereocenters. The Kier molecular flexibility index (Phi) is 3.56. The minimum absolute atomic E-state index is 0.0772. The lowest BCUT2D eigenvalue weighted by molar-refractivity contribution is -0.259. The summed E-state index contributed by atoms with van der Waals surface area (Å²) in [4.78, 5) is 0. The molecule has 17 heavy (non-hydrogen) atoms. The molecular weight excluding hydrogens is 237 g/mol. The molecule has 0 heterocycles. The molecule has 1 atom stereocenters. The second kappa shape index (κ2) is 4.44. The van der Waals surface area contributed by atoms with Crippen LogP contribution in [-0.4, -0.2) is 25.5 Å². The van der Waals surface area contributed by atoms with Gasteiger partial charge in [0.05, 0.1) is 14.2 Å². The van der Waals surface area contributed by atoms with Gasteiger partial charge in [-0.15, -0.1) is 0 Å². The highest BCUT2D eigenvalue weighted by Gasteiger charge is 2.52. The van der Waals surface area contributed by atoms with Crippen LogP contribution in [0.1, 0.15) is 12.5 Å². The second-order valence-corrected chi connectivity index (χ2v) is 3.64. The Hall–Kier alpha value is -1.43. The number of hydrogen-bond donors (Lipinski definition) is 1. The zero-order valence-corrected chi connectivity index (χ0v) is 9.63. The van der Waals surface area contributed by atoms with Gasteiger partial charge in [-0.3, -0.25) is 0 Å². The molecule has 0 fully saturated rings. The van der Waals surface area contributed by atoms with E-state index in [0.717, 1.165) is 6.07 Å². The minimum atomic E-state index is -4.78. The first-order chi connectivity index (χ1) is 7.74. The van der Waals surface area contributed by atoms with Crippen LogP contribution in [0, 0.1) is 0 Å². The van der Waals surface area contributed by atoms with Gasteiger partial charge in [0.15, 0.2) is 5.60 Å². The fourth-order valence-electron chi connectivity index (χ4n) is 1.35. The van der Waals surface area contributed by atoms with Crippen molar-refractivity contribution in [3.63, 3.8) is 0 Å². The summed E-state index contributed by atoms with van der Waals surface area (Å²) in [7, 11) is 2.61. The molecule has 1 aromatic carbocycles. The summed E-state index contributed by atoms with van der Waals surface area (Å²) in [6.07, 6.45) is -4.78. The number of halogens is 3. The first-order valence-electron chi connectivity index (χ1n) is 4.75. The third kappa shape index (κ3) is 2.46. The monoisotopic (exact) mass is 250 g/mol. The molecule has 0 bridgehead atoms. The number of methoxy groups -OCH3 is 2. The van der Waals surface area contributed by atoms with Crippen LogP contribution in [0.3, 0.4) is 0 Å². The van der Waals surface area contributed by atoms with E-state index in [-0.39, 0.29) is 11.3 Å². The Labute approximate surface area is 96.8 Å². The van der Waals surface area contributed by atoms with Crippen molar-refractivity contribution >= 4 is 0 Å². The number of ether oxygens (including phenoxy) is 2. The molecule has 3 nitrogen and oxygen atoms in total. The maximum atomic E-state index is 12.7. The molecule has 0 aromatic heterocycles. The maximum absolute atomic E-state index is 12.7. The standard InChI is InChI=1S/C11H13F3O3/c1-10(15,11(12,13)14)8-5-4-7(16-2)6-9(8)17-3/h4-6,15H,1-3H3. The average Bonchev–Trinajstić information content (AvgIpc) is 2.26. The van der Waals surface area contributed by atoms with Crippen molar-refractivity contribution in [2.24, 2.45) is 0 Å². The van der Waals surface area contributed by atoms with Gasteiger partial charge in [-0.1, -0.05) is 0 Å². The molecule has 0 aliphatic rings. The molecular formula is C11H13F3O3. The highest BCUT2D eigenvalue weighted by Crippen LogP contribution is 2.43. The van der Waals surface area contributed by atoms with Crippen LogP contribution < -0.4 is 9.47 Å². The molecule has 1 N–H and O–H groups in total. The molecule has 0 amide bonds. The van der Waals surface area contributed by atoms with E-state index in [9.17, 15) is 18.3 Å². The quantitative estimate of drug-likeness (QED) is 0.895. The van der Waals surface area contributed by atoms with Gasteiger partial charge >= 0.3 is 6.18 Å². The largest absolute Gasteiger partial charge is 0.497 e. The summed E-state index contributed by atoms with van der Waals surface area (Å²) in [5, 5.41) is 9.55. The maximum Gasteiger partial charge on any atom is 0.421 e. The van der Waals surface area contributed by atoms with Gasteiger partial charge in [-0.25, -0.2) is 0 Å². The SMILES string of the molecule is COc1ccc(C(C)(O)C(F)(F)F)c(OC)c1. The topological polar surface area (TPSA) is 38.7 Å². The summed E-state index contributed by atoms with van der Waals surface area (Å²) in [6.45, 7) is 0.678. The summed E-state index contributed by atoms with van der Waals surface area (Å²) >= 11 is 0. The zero-order valence-electron chi connectivity index (χ0n) is 9.63. The smallest absolute Gasteiger partial charge is 0.421 e. The summed E-state index contributed by atoms with van der Waals surface area (Å²) in [5.74, 6) is 0.273. The number of alkyl halides is 3. The normalized spacial score (nSPS) is 15.2. The van der Waals surface area contributed by atoms with Gasteiger partial charge in [0.25, 0.3) is 0 Å². The third-order valence-corrected chi connectivity index (χ3v) is 2.49. The molecule has 0 radical (unpaired) electrons. The summed E-state index contributed by atoms with van der Waals surface area (Å²) in [6, 6.07) is 3.75. The lowest BCUT2D eigenvalue weighted by Crippen LogP contribution is -2.39. The van der Waals surface area contributed by atoms with Gasteiger partial charge in [0, 0.05) is 11.6 Å². The molecule has 1 aromatic rings. The van der Waals surface area contributed by atoms with E-state index in [0.29, 0.717) is 12.7 Å². The number of hydrogen-bond acceptors (Lipinski definition) is 3. The Morgan fingerprint density at radius 2 is 1.71 bits per heavy atom. The van der Waals surface area contributed by atoms with E-state index in [1.807, 2.05) is 0 Å². The van der Waals surface area contributed by atoms with Crippen LogP contribution in [0.4, 0.5) is 13.2 Å². The average molecular weight is 250 g/mol. The van der Waals surface area contributed by atoms with Gasteiger partial charge in [-0.2, -0.15) is 13.2 Å². The molecule has 96 valence electrons. The lowest BCUT2D eigenvalue weighted by atomic mass is 9.94. The van der Waals surface area contributed by atoms with Crippen molar-refractivity contribution < 1.29 is 27.8 Å². The predicted molar refractivity (Wildman–Crippen MR) is 55.2 cm³/mol. The second-order valence-electron chi connectivity index (χ2n) is 3.64. The van der Waals surface area contributed by atoms with E-state index < -0.39 is 11.8 Å². The van der Waals surface area contributed by atoms with Crippen molar-refractivity contribution in [3.8, 4) is 11.5 Å². The van der Waals surface area contributed by atoms with Gasteiger partial charge in [-0.05, 0) is 19.1 Å². The summed E-state index contributed by atoms with van der Waals surface area (Å²) in [5.41, 5.74) is -3.32. The molecule has 0 saturated heterocycles. The van der Waals surface area contributed by atoms with Crippen LogP contribution in [-0.2, 0) is 5.60 Å². The van der Waals surface area contributed by atoms with Crippen LogP contribution in [0.5, 0.6) is 11.5 Å². The Morgan fingerprint density at radius 3 is 2.12 bits per heavy atom. The van der Waals surface area contributed by atoms with Crippen LogP contribution in [0.2, 0.25) is 0 Å². The Balaban J connectivity index is 3.31. The van der Waals surface area contributed by atoms with Crippen molar-refractivity contribution in [1.82, 2.24) is 0 Å². The van der Waals surface area contributed by atoms with Gasteiger partial charge < -0.3 is 14.6 Å². The van der Waals surface area contributed by atoms with E-state index >= 15 is 0 Å². The molecule has 0 spiro atoms. The third-order valence-electron chi connectivity index (χ3n) is 2.49. The highest BCUT2D eigenvalue weighted by molar-refractivity contribution is 5.44. The Bertz CT molecular complexity index is 399. The van der Waals surface area contributed by atoms with Crippen molar-refractivity contribution in [2.45, 2.75) is 18.7 Å². The van der Waals surface area contributed by atoms with Crippen molar-refractivity contribution in [1.29, 1.82) is 0 Å². The minimum Gasteiger partial charge on any atom is -0.497 e. The zero-order chi connectivity index (χ0) is 13.3. The molecule has 1 rings (SSSR count). The van der Waals surface area contributed by atoms with E-state index in [1.54, 1.807) is 0 Å². The van der Waals surface area contributed by atoms with Crippen LogP contribution in [0.15, 0.2) is 18.2 Å². The van der Waals surface area contributed by atoms with Gasteiger partial charge in [0.1, 0.15) is 11.5 Å². The Morgan fingerprint density at radius 1 is 1.12 bits per heavy atom. The lowest BCUT2D eigenvalue weighted by Gasteiger charge is -2.28. The number of rotatable bonds is 3. The van der Waals surface area contributed by atoms with Crippen LogP contribution in [0.25, 0.3) is 0 Å². The molecule has 0 aliphatic heterocycles. The first kappa shape index (κ1) is 13.6. The van der Waals surface area contributed by atoms with E-state index in [2.05, 4.69) is 0 Å². The highest BCUT2D eigenvalue weighted by atomic mass is 19.4. The molecule has 0 aliphatic carbocycles. The van der Waals surface area contributed by atoms with E-state index in [1.165, 1.54) is 26.4 Å². The fourth-order valence-corrected chi connectivity index (χ4v) is 1.35. The van der Waals surface area contributed by atoms with Gasteiger partial charge in [0.2, 0.25) is 0 Å². The fraction of sp³-hybridized carbons (Fsp3) is 0.455. The predicted octanol–water partition coefficient (Wildman–Crippen LogP) is 2.47. The summed E-state index contributed by atoms with van der Waals surface area (Å²) < 4.78 is 47.7. The number of aliphatic hydroxyl groups is 1. The van der Waals surface area contributed by atoms with E-state index in [4.69, 9.17) is 9.47 Å². The van der Waals surface area contributed by atoms with Crippen LogP contribution >= 0.6 is 0 Å². The molecule has 0 saturated carbocycles. The van der Waals surface area contributed by atoms with Crippen molar-refractivity contribution in [2.75, 3.05) is 14.2 Å².